The van der Waals surface area contributed by atoms with E-state index in [0.29, 0.717) is 11.3 Å². The molecule has 5 rings (SSSR count). The number of para-hydroxylation sites is 1. The Morgan fingerprint density at radius 3 is 2.76 bits per heavy atom. The summed E-state index contributed by atoms with van der Waals surface area (Å²) in [6, 6.07) is 11.6. The van der Waals surface area contributed by atoms with Gasteiger partial charge in [-0.25, -0.2) is 9.59 Å². The Labute approximate surface area is 194 Å². The molecule has 1 amide bonds. The first kappa shape index (κ1) is 21.8. The summed E-state index contributed by atoms with van der Waals surface area (Å²) in [4.78, 5) is 39.9. The van der Waals surface area contributed by atoms with Crippen LogP contribution in [0.4, 0.5) is 0 Å². The first-order valence-electron chi connectivity index (χ1n) is 11.2. The second kappa shape index (κ2) is 8.70. The molecule has 1 aliphatic rings. The summed E-state index contributed by atoms with van der Waals surface area (Å²) in [5.41, 5.74) is 3.55. The summed E-state index contributed by atoms with van der Waals surface area (Å²) in [5, 5.41) is 14.0. The van der Waals surface area contributed by atoms with Crippen molar-refractivity contribution in [3.8, 4) is 5.75 Å². The van der Waals surface area contributed by atoms with Crippen LogP contribution in [0.1, 0.15) is 30.0 Å². The summed E-state index contributed by atoms with van der Waals surface area (Å²) >= 11 is 0. The summed E-state index contributed by atoms with van der Waals surface area (Å²) in [6.45, 7) is 1.54. The normalized spacial score (nSPS) is 14.6. The van der Waals surface area contributed by atoms with Crippen LogP contribution in [0.5, 0.6) is 5.75 Å². The fraction of sp³-hybridized carbons (Fsp3) is 0.269. The highest BCUT2D eigenvalue weighted by molar-refractivity contribution is 5.88. The van der Waals surface area contributed by atoms with Crippen molar-refractivity contribution in [2.45, 2.75) is 44.8 Å². The number of nitrogens with one attached hydrogen (secondary N) is 2. The van der Waals surface area contributed by atoms with Gasteiger partial charge in [0.05, 0.1) is 0 Å². The van der Waals surface area contributed by atoms with Gasteiger partial charge in [0.1, 0.15) is 17.4 Å². The minimum atomic E-state index is -1.13. The molecule has 2 atom stereocenters. The molecule has 1 unspecified atom stereocenters. The van der Waals surface area contributed by atoms with Crippen molar-refractivity contribution in [2.24, 2.45) is 0 Å². The molecule has 0 saturated heterocycles. The van der Waals surface area contributed by atoms with Gasteiger partial charge in [0.2, 0.25) is 0 Å². The first-order valence-corrected chi connectivity index (χ1v) is 11.2. The number of aromatic amines is 1. The molecule has 0 radical (unpaired) electrons. The molecule has 8 heteroatoms. The lowest BCUT2D eigenvalue weighted by Gasteiger charge is -2.19. The van der Waals surface area contributed by atoms with Crippen molar-refractivity contribution >= 4 is 33.7 Å². The molecule has 0 saturated carbocycles. The van der Waals surface area contributed by atoms with Crippen LogP contribution in [0, 0.1) is 0 Å². The predicted molar refractivity (Wildman–Crippen MR) is 126 cm³/mol. The van der Waals surface area contributed by atoms with Gasteiger partial charge in [-0.1, -0.05) is 18.2 Å². The summed E-state index contributed by atoms with van der Waals surface area (Å²) in [7, 11) is 0. The number of aryl methyl sites for hydroxylation is 1. The van der Waals surface area contributed by atoms with Gasteiger partial charge in [-0.05, 0) is 55.5 Å². The van der Waals surface area contributed by atoms with Crippen LogP contribution in [0.3, 0.4) is 0 Å². The number of ether oxygens (including phenoxy) is 1. The third-order valence-corrected chi connectivity index (χ3v) is 6.34. The van der Waals surface area contributed by atoms with Gasteiger partial charge < -0.3 is 24.6 Å². The van der Waals surface area contributed by atoms with E-state index in [0.717, 1.165) is 52.2 Å². The van der Waals surface area contributed by atoms with Crippen molar-refractivity contribution in [3.63, 3.8) is 0 Å². The maximum atomic E-state index is 12.7. The lowest BCUT2D eigenvalue weighted by molar-refractivity contribution is -0.142. The van der Waals surface area contributed by atoms with Crippen LogP contribution in [0.15, 0.2) is 57.9 Å². The van der Waals surface area contributed by atoms with E-state index in [-0.39, 0.29) is 12.0 Å². The number of rotatable bonds is 7. The first-order chi connectivity index (χ1) is 16.4. The number of H-pyrrole nitrogens is 1. The number of carbonyl (C=O) groups excluding carboxylic acids is 1. The number of aromatic nitrogens is 1. The van der Waals surface area contributed by atoms with E-state index in [2.05, 4.69) is 10.3 Å². The number of fused-ring (bicyclic) bond motifs is 4. The summed E-state index contributed by atoms with van der Waals surface area (Å²) in [5.74, 6) is -1.32. The molecule has 2 aromatic heterocycles. The fourth-order valence-electron chi connectivity index (χ4n) is 4.60. The molecular formula is C26H24N2O6. The topological polar surface area (TPSA) is 122 Å². The highest BCUT2D eigenvalue weighted by Crippen LogP contribution is 2.30. The van der Waals surface area contributed by atoms with Gasteiger partial charge >= 0.3 is 11.6 Å². The molecule has 4 aromatic rings. The number of carboxylic acid groups (broad SMARTS) is 1. The number of benzene rings is 2. The van der Waals surface area contributed by atoms with Crippen molar-refractivity contribution in [1.29, 1.82) is 0 Å². The summed E-state index contributed by atoms with van der Waals surface area (Å²) in [6.07, 6.45) is 3.42. The molecule has 3 N–H and O–H groups in total. The van der Waals surface area contributed by atoms with Crippen molar-refractivity contribution in [2.75, 3.05) is 0 Å². The number of carboxylic acids is 1. The van der Waals surface area contributed by atoms with E-state index in [4.69, 9.17) is 9.15 Å². The van der Waals surface area contributed by atoms with E-state index in [1.165, 1.54) is 0 Å². The average Bonchev–Trinajstić information content (AvgIpc) is 3.46. The Kier molecular flexibility index (Phi) is 5.57. The van der Waals surface area contributed by atoms with E-state index >= 15 is 0 Å². The van der Waals surface area contributed by atoms with Crippen LogP contribution in [0.2, 0.25) is 0 Å². The Balaban J connectivity index is 1.30. The smallest absolute Gasteiger partial charge is 0.339 e. The number of carbonyl (C=O) groups is 2. The summed E-state index contributed by atoms with van der Waals surface area (Å²) < 4.78 is 11.2. The van der Waals surface area contributed by atoms with Crippen LogP contribution in [0.25, 0.3) is 21.9 Å². The van der Waals surface area contributed by atoms with E-state index in [1.807, 2.05) is 30.3 Å². The number of hydrogen-bond acceptors (Lipinski definition) is 5. The highest BCUT2D eigenvalue weighted by atomic mass is 16.5. The zero-order chi connectivity index (χ0) is 23.8. The molecule has 174 valence electrons. The Morgan fingerprint density at radius 2 is 1.94 bits per heavy atom. The van der Waals surface area contributed by atoms with Crippen LogP contribution in [-0.2, 0) is 28.9 Å². The number of amides is 1. The zero-order valence-electron chi connectivity index (χ0n) is 18.6. The standard InChI is InChI=1S/C26H24N2O6/c1-14(33-16-9-10-19-18-6-4-7-20(18)26(32)34-23(19)12-16)24(29)28-22(25(30)31)11-15-13-27-21-8-3-2-5-17(15)21/h2-3,5,8-10,12-14,22,27H,4,6-7,11H2,1H3,(H,28,29)(H,30,31)/t14?,22-/m0/s1. The molecule has 0 aliphatic heterocycles. The third-order valence-electron chi connectivity index (χ3n) is 6.34. The Bertz CT molecular complexity index is 1470. The molecular weight excluding hydrogens is 436 g/mol. The van der Waals surface area contributed by atoms with Gasteiger partial charge in [0, 0.05) is 40.5 Å². The van der Waals surface area contributed by atoms with Crippen LogP contribution < -0.4 is 15.7 Å². The van der Waals surface area contributed by atoms with Crippen molar-refractivity contribution in [1.82, 2.24) is 10.3 Å². The van der Waals surface area contributed by atoms with Crippen molar-refractivity contribution < 1.29 is 23.8 Å². The lowest BCUT2D eigenvalue weighted by atomic mass is 10.0. The van der Waals surface area contributed by atoms with Gasteiger partial charge in [0.25, 0.3) is 5.91 Å². The zero-order valence-corrected chi connectivity index (χ0v) is 18.6. The monoisotopic (exact) mass is 460 g/mol. The van der Waals surface area contributed by atoms with Gasteiger partial charge in [-0.3, -0.25) is 4.79 Å². The average molecular weight is 460 g/mol. The Morgan fingerprint density at radius 1 is 1.15 bits per heavy atom. The molecule has 1 aliphatic carbocycles. The van der Waals surface area contributed by atoms with Gasteiger partial charge in [-0.15, -0.1) is 0 Å². The predicted octanol–water partition coefficient (Wildman–Crippen LogP) is 3.34. The molecule has 34 heavy (non-hydrogen) atoms. The highest BCUT2D eigenvalue weighted by Gasteiger charge is 2.26. The molecule has 8 nitrogen and oxygen atoms in total. The maximum absolute atomic E-state index is 12.7. The second-order valence-corrected chi connectivity index (χ2v) is 8.58. The SMILES string of the molecule is CC(Oc1ccc2c3c(c(=O)oc2c1)CCC3)C(=O)N[C@@H](Cc1c[nH]c2ccccc12)C(=O)O. The largest absolute Gasteiger partial charge is 0.481 e. The van der Waals surface area contributed by atoms with Gasteiger partial charge in [0.15, 0.2) is 6.10 Å². The molecule has 0 fully saturated rings. The van der Waals surface area contributed by atoms with E-state index in [9.17, 15) is 19.5 Å². The molecule has 2 aromatic carbocycles. The minimum Gasteiger partial charge on any atom is -0.481 e. The lowest BCUT2D eigenvalue weighted by Crippen LogP contribution is -2.47. The second-order valence-electron chi connectivity index (χ2n) is 8.58. The van der Waals surface area contributed by atoms with E-state index in [1.54, 1.807) is 25.3 Å². The third kappa shape index (κ3) is 4.03. The van der Waals surface area contributed by atoms with Crippen LogP contribution >= 0.6 is 0 Å². The molecule has 2 heterocycles. The number of hydrogen-bond donors (Lipinski definition) is 3. The van der Waals surface area contributed by atoms with Crippen molar-refractivity contribution in [3.05, 3.63) is 75.8 Å². The maximum Gasteiger partial charge on any atom is 0.339 e. The fourth-order valence-corrected chi connectivity index (χ4v) is 4.60. The molecule has 0 spiro atoms. The minimum absolute atomic E-state index is 0.129. The van der Waals surface area contributed by atoms with Crippen LogP contribution in [-0.4, -0.2) is 34.1 Å². The molecule has 0 bridgehead atoms. The van der Waals surface area contributed by atoms with E-state index < -0.39 is 24.0 Å². The Hall–Kier alpha value is -4.07. The quantitative estimate of drug-likeness (QED) is 0.364. The van der Waals surface area contributed by atoms with Gasteiger partial charge in [-0.2, -0.15) is 0 Å². The number of aliphatic carboxylic acids is 1.